The molecule has 1 aromatic heterocycles. The largest absolute Gasteiger partial charge is 0.394 e. The summed E-state index contributed by atoms with van der Waals surface area (Å²) in [7, 11) is 1.61. The van der Waals surface area contributed by atoms with Crippen LogP contribution in [0.4, 0.5) is 0 Å². The van der Waals surface area contributed by atoms with Gasteiger partial charge < -0.3 is 19.7 Å². The summed E-state index contributed by atoms with van der Waals surface area (Å²) in [5.74, 6) is 0. The molecular formula is C15H25N3O4. The van der Waals surface area contributed by atoms with Crippen molar-refractivity contribution in [3.8, 4) is 0 Å². The average molecular weight is 311 g/mol. The SMILES string of the molecule is COC1CC(O)C(CO)OC1Cn1cc(C2(C)CCC2)nn1. The Kier molecular flexibility index (Phi) is 4.49. The van der Waals surface area contributed by atoms with E-state index in [-0.39, 0.29) is 24.2 Å². The molecule has 1 saturated heterocycles. The van der Waals surface area contributed by atoms with Gasteiger partial charge in [0, 0.05) is 25.1 Å². The zero-order valence-electron chi connectivity index (χ0n) is 13.2. The maximum atomic E-state index is 9.90. The minimum Gasteiger partial charge on any atom is -0.394 e. The second-order valence-electron chi connectivity index (χ2n) is 6.71. The fraction of sp³-hybridized carbons (Fsp3) is 0.867. The van der Waals surface area contributed by atoms with E-state index in [1.165, 1.54) is 6.42 Å². The molecule has 22 heavy (non-hydrogen) atoms. The monoisotopic (exact) mass is 311 g/mol. The van der Waals surface area contributed by atoms with Gasteiger partial charge in [-0.05, 0) is 12.8 Å². The number of ether oxygens (including phenoxy) is 2. The molecule has 2 heterocycles. The van der Waals surface area contributed by atoms with Gasteiger partial charge in [0.25, 0.3) is 0 Å². The Bertz CT molecular complexity index is 503. The van der Waals surface area contributed by atoms with Crippen LogP contribution in [0, 0.1) is 0 Å². The molecule has 0 amide bonds. The van der Waals surface area contributed by atoms with Crippen LogP contribution in [0.3, 0.4) is 0 Å². The zero-order chi connectivity index (χ0) is 15.7. The average Bonchev–Trinajstić information content (AvgIpc) is 2.95. The van der Waals surface area contributed by atoms with Crippen LogP contribution in [-0.2, 0) is 21.4 Å². The van der Waals surface area contributed by atoms with Crippen LogP contribution in [0.1, 0.15) is 38.3 Å². The Morgan fingerprint density at radius 1 is 1.45 bits per heavy atom. The van der Waals surface area contributed by atoms with E-state index in [0.717, 1.165) is 18.5 Å². The van der Waals surface area contributed by atoms with Crippen LogP contribution >= 0.6 is 0 Å². The van der Waals surface area contributed by atoms with Crippen LogP contribution in [0.5, 0.6) is 0 Å². The van der Waals surface area contributed by atoms with Gasteiger partial charge in [-0.1, -0.05) is 18.6 Å². The van der Waals surface area contributed by atoms with E-state index >= 15 is 0 Å². The van der Waals surface area contributed by atoms with E-state index in [1.807, 2.05) is 6.20 Å². The number of nitrogens with zero attached hydrogens (tertiary/aromatic N) is 3. The molecule has 4 atom stereocenters. The predicted molar refractivity (Wildman–Crippen MR) is 78.4 cm³/mol. The molecule has 4 unspecified atom stereocenters. The zero-order valence-corrected chi connectivity index (χ0v) is 13.2. The highest BCUT2D eigenvalue weighted by Crippen LogP contribution is 2.41. The second kappa shape index (κ2) is 6.23. The molecule has 0 aromatic carbocycles. The number of methoxy groups -OCH3 is 1. The topological polar surface area (TPSA) is 89.6 Å². The first-order valence-corrected chi connectivity index (χ1v) is 7.93. The molecule has 0 spiro atoms. The maximum absolute atomic E-state index is 9.90. The van der Waals surface area contributed by atoms with E-state index in [0.29, 0.717) is 13.0 Å². The first-order valence-electron chi connectivity index (χ1n) is 7.93. The van der Waals surface area contributed by atoms with Crippen molar-refractivity contribution in [3.63, 3.8) is 0 Å². The summed E-state index contributed by atoms with van der Waals surface area (Å²) in [5.41, 5.74) is 1.19. The van der Waals surface area contributed by atoms with Crippen LogP contribution in [-0.4, -0.2) is 63.3 Å². The van der Waals surface area contributed by atoms with Crippen molar-refractivity contribution < 1.29 is 19.7 Å². The van der Waals surface area contributed by atoms with Crippen molar-refractivity contribution >= 4 is 0 Å². The lowest BCUT2D eigenvalue weighted by Crippen LogP contribution is -2.50. The molecule has 2 N–H and O–H groups in total. The molecule has 2 aliphatic rings. The molecule has 3 rings (SSSR count). The molecule has 7 nitrogen and oxygen atoms in total. The van der Waals surface area contributed by atoms with Crippen molar-refractivity contribution in [3.05, 3.63) is 11.9 Å². The van der Waals surface area contributed by atoms with Gasteiger partial charge in [0.1, 0.15) is 12.2 Å². The summed E-state index contributed by atoms with van der Waals surface area (Å²) in [5, 5.41) is 27.7. The third-order valence-corrected chi connectivity index (χ3v) is 5.13. The van der Waals surface area contributed by atoms with Gasteiger partial charge in [0.05, 0.1) is 31.1 Å². The number of rotatable bonds is 5. The Labute approximate surface area is 130 Å². The summed E-state index contributed by atoms with van der Waals surface area (Å²) in [6.07, 6.45) is 4.25. The van der Waals surface area contributed by atoms with Gasteiger partial charge in [-0.3, -0.25) is 0 Å². The van der Waals surface area contributed by atoms with Crippen LogP contribution in [0.2, 0.25) is 0 Å². The van der Waals surface area contributed by atoms with Crippen molar-refractivity contribution in [1.29, 1.82) is 0 Å². The quantitative estimate of drug-likeness (QED) is 0.810. The highest BCUT2D eigenvalue weighted by Gasteiger charge is 2.39. The van der Waals surface area contributed by atoms with E-state index in [2.05, 4.69) is 17.2 Å². The molecule has 124 valence electrons. The van der Waals surface area contributed by atoms with Gasteiger partial charge in [-0.15, -0.1) is 5.10 Å². The highest BCUT2D eigenvalue weighted by molar-refractivity contribution is 5.14. The number of aliphatic hydroxyl groups excluding tert-OH is 2. The Balaban J connectivity index is 1.68. The van der Waals surface area contributed by atoms with Gasteiger partial charge in [-0.25, -0.2) is 4.68 Å². The summed E-state index contributed by atoms with van der Waals surface area (Å²) >= 11 is 0. The third kappa shape index (κ3) is 2.90. The van der Waals surface area contributed by atoms with Crippen molar-refractivity contribution in [1.82, 2.24) is 15.0 Å². The first kappa shape index (κ1) is 15.9. The van der Waals surface area contributed by atoms with Crippen LogP contribution in [0.25, 0.3) is 0 Å². The van der Waals surface area contributed by atoms with Gasteiger partial charge in [0.15, 0.2) is 0 Å². The van der Waals surface area contributed by atoms with E-state index in [1.54, 1.807) is 11.8 Å². The molecule has 0 bridgehead atoms. The van der Waals surface area contributed by atoms with E-state index in [9.17, 15) is 10.2 Å². The van der Waals surface area contributed by atoms with E-state index < -0.39 is 12.2 Å². The molecule has 2 fully saturated rings. The highest BCUT2D eigenvalue weighted by atomic mass is 16.6. The molecule has 1 saturated carbocycles. The summed E-state index contributed by atoms with van der Waals surface area (Å²) in [4.78, 5) is 0. The van der Waals surface area contributed by atoms with Crippen molar-refractivity contribution in [2.75, 3.05) is 13.7 Å². The van der Waals surface area contributed by atoms with Gasteiger partial charge in [0.2, 0.25) is 0 Å². The van der Waals surface area contributed by atoms with Crippen molar-refractivity contribution in [2.45, 2.75) is 69.0 Å². The lowest BCUT2D eigenvalue weighted by Gasteiger charge is -2.38. The normalized spacial score (nSPS) is 34.4. The van der Waals surface area contributed by atoms with Gasteiger partial charge >= 0.3 is 0 Å². The maximum Gasteiger partial charge on any atom is 0.107 e. The van der Waals surface area contributed by atoms with Crippen molar-refractivity contribution in [2.24, 2.45) is 0 Å². The third-order valence-electron chi connectivity index (χ3n) is 5.13. The fourth-order valence-electron chi connectivity index (χ4n) is 3.33. The Morgan fingerprint density at radius 2 is 2.23 bits per heavy atom. The minimum absolute atomic E-state index is 0.163. The number of aliphatic hydroxyl groups is 2. The van der Waals surface area contributed by atoms with Crippen LogP contribution in [0.15, 0.2) is 6.20 Å². The lowest BCUT2D eigenvalue weighted by molar-refractivity contribution is -0.190. The molecule has 1 aliphatic carbocycles. The van der Waals surface area contributed by atoms with E-state index in [4.69, 9.17) is 9.47 Å². The summed E-state index contributed by atoms with van der Waals surface area (Å²) in [6, 6.07) is 0. The summed E-state index contributed by atoms with van der Waals surface area (Å²) in [6.45, 7) is 2.53. The fourth-order valence-corrected chi connectivity index (χ4v) is 3.33. The molecular weight excluding hydrogens is 286 g/mol. The minimum atomic E-state index is -0.702. The smallest absolute Gasteiger partial charge is 0.107 e. The molecule has 1 aromatic rings. The lowest BCUT2D eigenvalue weighted by atomic mass is 9.68. The molecule has 0 radical (unpaired) electrons. The standard InChI is InChI=1S/C15H25N3O4/c1-15(4-3-5-15)14-8-18(17-16-14)7-12-11(21-2)6-10(20)13(9-19)22-12/h8,10-13,19-20H,3-7,9H2,1-2H3. The van der Waals surface area contributed by atoms with Gasteiger partial charge in [-0.2, -0.15) is 0 Å². The number of aromatic nitrogens is 3. The number of hydrogen-bond acceptors (Lipinski definition) is 6. The Morgan fingerprint density at radius 3 is 2.82 bits per heavy atom. The predicted octanol–water partition coefficient (Wildman–Crippen LogP) is 0.245. The first-order chi connectivity index (χ1) is 10.6. The summed E-state index contributed by atoms with van der Waals surface area (Å²) < 4.78 is 13.0. The molecule has 1 aliphatic heterocycles. The number of hydrogen-bond donors (Lipinski definition) is 2. The second-order valence-corrected chi connectivity index (χ2v) is 6.71. The van der Waals surface area contributed by atoms with Crippen LogP contribution < -0.4 is 0 Å². The molecule has 7 heteroatoms. The Hall–Kier alpha value is -1.02.